The monoisotopic (exact) mass is 409 g/mol. The number of hydrogen-bond acceptors (Lipinski definition) is 4. The molecule has 144 valence electrons. The lowest BCUT2D eigenvalue weighted by molar-refractivity contribution is -0.0404. The van der Waals surface area contributed by atoms with Crippen LogP contribution in [0.15, 0.2) is 42.5 Å². The van der Waals surface area contributed by atoms with E-state index in [1.165, 1.54) is 0 Å². The standard InChI is InChI=1S/C20H21Cl2NO4/c1-2-25-18-5-3-4-6-19(18)27-13-15-12-23(9-10-26-15)20(24)14-7-8-16(21)17(22)11-14/h3-8,11,15H,2,9-10,12-13H2,1H3/t15-/m1/s1. The molecule has 27 heavy (non-hydrogen) atoms. The van der Waals surface area contributed by atoms with Gasteiger partial charge in [-0.05, 0) is 37.3 Å². The van der Waals surface area contributed by atoms with Crippen LogP contribution in [0.1, 0.15) is 17.3 Å². The van der Waals surface area contributed by atoms with Crippen LogP contribution in [0.2, 0.25) is 10.0 Å². The van der Waals surface area contributed by atoms with Crippen molar-refractivity contribution in [3.05, 3.63) is 58.1 Å². The second kappa shape index (κ2) is 9.31. The molecule has 1 heterocycles. The summed E-state index contributed by atoms with van der Waals surface area (Å²) >= 11 is 11.9. The number of halogens is 2. The van der Waals surface area contributed by atoms with Crippen LogP contribution < -0.4 is 9.47 Å². The molecule has 1 fully saturated rings. The highest BCUT2D eigenvalue weighted by Gasteiger charge is 2.26. The van der Waals surface area contributed by atoms with E-state index in [1.54, 1.807) is 23.1 Å². The Kier molecular flexibility index (Phi) is 6.83. The molecule has 0 saturated carbocycles. The summed E-state index contributed by atoms with van der Waals surface area (Å²) in [4.78, 5) is 14.5. The lowest BCUT2D eigenvalue weighted by Gasteiger charge is -2.33. The maximum Gasteiger partial charge on any atom is 0.254 e. The average Bonchev–Trinajstić information content (AvgIpc) is 2.69. The minimum Gasteiger partial charge on any atom is -0.490 e. The van der Waals surface area contributed by atoms with E-state index in [-0.39, 0.29) is 12.0 Å². The van der Waals surface area contributed by atoms with E-state index in [9.17, 15) is 4.79 Å². The van der Waals surface area contributed by atoms with Crippen LogP contribution in [0.3, 0.4) is 0 Å². The van der Waals surface area contributed by atoms with Crippen molar-refractivity contribution in [3.8, 4) is 11.5 Å². The van der Waals surface area contributed by atoms with Gasteiger partial charge in [-0.1, -0.05) is 35.3 Å². The van der Waals surface area contributed by atoms with Gasteiger partial charge in [0.25, 0.3) is 5.91 Å². The third-order valence-electron chi connectivity index (χ3n) is 4.17. The predicted molar refractivity (Wildman–Crippen MR) is 105 cm³/mol. The highest BCUT2D eigenvalue weighted by Crippen LogP contribution is 2.27. The zero-order valence-corrected chi connectivity index (χ0v) is 16.5. The summed E-state index contributed by atoms with van der Waals surface area (Å²) in [5, 5.41) is 0.789. The van der Waals surface area contributed by atoms with Gasteiger partial charge in [0.1, 0.15) is 12.7 Å². The lowest BCUT2D eigenvalue weighted by Crippen LogP contribution is -2.47. The zero-order valence-electron chi connectivity index (χ0n) is 15.0. The Hall–Kier alpha value is -1.95. The molecular formula is C20H21Cl2NO4. The highest BCUT2D eigenvalue weighted by atomic mass is 35.5. The molecule has 1 amide bonds. The van der Waals surface area contributed by atoms with Crippen LogP contribution in [0, 0.1) is 0 Å². The van der Waals surface area contributed by atoms with Crippen molar-refractivity contribution in [2.24, 2.45) is 0 Å². The van der Waals surface area contributed by atoms with Gasteiger partial charge in [-0.2, -0.15) is 0 Å². The Morgan fingerprint density at radius 3 is 2.59 bits per heavy atom. The minimum atomic E-state index is -0.222. The second-order valence-corrected chi connectivity index (χ2v) is 6.88. The van der Waals surface area contributed by atoms with Gasteiger partial charge < -0.3 is 19.1 Å². The number of nitrogens with zero attached hydrogens (tertiary/aromatic N) is 1. The first-order valence-corrected chi connectivity index (χ1v) is 9.54. The maximum atomic E-state index is 12.7. The van der Waals surface area contributed by atoms with Gasteiger partial charge in [-0.3, -0.25) is 4.79 Å². The molecule has 0 radical (unpaired) electrons. The Morgan fingerprint density at radius 1 is 1.15 bits per heavy atom. The van der Waals surface area contributed by atoms with Crippen molar-refractivity contribution in [3.63, 3.8) is 0 Å². The quantitative estimate of drug-likeness (QED) is 0.712. The zero-order chi connectivity index (χ0) is 19.2. The minimum absolute atomic E-state index is 0.100. The van der Waals surface area contributed by atoms with Gasteiger partial charge in [0.05, 0.1) is 29.8 Å². The third kappa shape index (κ3) is 5.06. The van der Waals surface area contributed by atoms with E-state index < -0.39 is 0 Å². The van der Waals surface area contributed by atoms with E-state index in [2.05, 4.69) is 0 Å². The number of benzene rings is 2. The number of morpholine rings is 1. The van der Waals surface area contributed by atoms with Crippen LogP contribution in [0.4, 0.5) is 0 Å². The molecule has 7 heteroatoms. The summed E-state index contributed by atoms with van der Waals surface area (Å²) in [6, 6.07) is 12.4. The Bertz CT molecular complexity index is 799. The van der Waals surface area contributed by atoms with Crippen LogP contribution in [-0.4, -0.2) is 49.8 Å². The van der Waals surface area contributed by atoms with E-state index in [4.69, 9.17) is 37.4 Å². The second-order valence-electron chi connectivity index (χ2n) is 6.06. The molecule has 1 atom stereocenters. The summed E-state index contributed by atoms with van der Waals surface area (Å²) < 4.78 is 17.2. The first-order chi connectivity index (χ1) is 13.1. The molecule has 1 aliphatic rings. The number of rotatable bonds is 6. The summed E-state index contributed by atoms with van der Waals surface area (Å²) in [6.45, 7) is 4.23. The Balaban J connectivity index is 1.61. The summed E-state index contributed by atoms with van der Waals surface area (Å²) in [5.41, 5.74) is 0.507. The van der Waals surface area contributed by atoms with Gasteiger partial charge in [0, 0.05) is 12.1 Å². The van der Waals surface area contributed by atoms with Crippen molar-refractivity contribution in [2.45, 2.75) is 13.0 Å². The number of para-hydroxylation sites is 2. The fraction of sp³-hybridized carbons (Fsp3) is 0.350. The van der Waals surface area contributed by atoms with Crippen molar-refractivity contribution < 1.29 is 19.0 Å². The molecule has 1 saturated heterocycles. The molecule has 0 bridgehead atoms. The SMILES string of the molecule is CCOc1ccccc1OC[C@H]1CN(C(=O)c2ccc(Cl)c(Cl)c2)CCO1. The smallest absolute Gasteiger partial charge is 0.254 e. The van der Waals surface area contributed by atoms with Gasteiger partial charge >= 0.3 is 0 Å². The van der Waals surface area contributed by atoms with Crippen molar-refractivity contribution in [1.82, 2.24) is 4.90 Å². The largest absolute Gasteiger partial charge is 0.490 e. The molecule has 2 aromatic rings. The molecular weight excluding hydrogens is 389 g/mol. The molecule has 0 N–H and O–H groups in total. The fourth-order valence-electron chi connectivity index (χ4n) is 2.84. The van der Waals surface area contributed by atoms with Gasteiger partial charge in [0.15, 0.2) is 11.5 Å². The number of hydrogen-bond donors (Lipinski definition) is 0. The Labute approximate surface area is 168 Å². The van der Waals surface area contributed by atoms with Crippen LogP contribution in [-0.2, 0) is 4.74 Å². The van der Waals surface area contributed by atoms with E-state index >= 15 is 0 Å². The van der Waals surface area contributed by atoms with Crippen LogP contribution in [0.25, 0.3) is 0 Å². The maximum absolute atomic E-state index is 12.7. The van der Waals surface area contributed by atoms with E-state index in [0.717, 1.165) is 0 Å². The van der Waals surface area contributed by atoms with Gasteiger partial charge in [0.2, 0.25) is 0 Å². The normalized spacial score (nSPS) is 16.9. The summed E-state index contributed by atoms with van der Waals surface area (Å²) in [5.74, 6) is 1.26. The first-order valence-electron chi connectivity index (χ1n) is 8.79. The number of ether oxygens (including phenoxy) is 3. The lowest BCUT2D eigenvalue weighted by atomic mass is 10.1. The van der Waals surface area contributed by atoms with Crippen LogP contribution >= 0.6 is 23.2 Å². The number of carbonyl (C=O) groups is 1. The third-order valence-corrected chi connectivity index (χ3v) is 4.91. The molecule has 0 spiro atoms. The molecule has 3 rings (SSSR count). The first kappa shape index (κ1) is 19.8. The van der Waals surface area contributed by atoms with Crippen molar-refractivity contribution >= 4 is 29.1 Å². The van der Waals surface area contributed by atoms with Gasteiger partial charge in [-0.15, -0.1) is 0 Å². The topological polar surface area (TPSA) is 48.0 Å². The summed E-state index contributed by atoms with van der Waals surface area (Å²) in [7, 11) is 0. The molecule has 0 unspecified atom stereocenters. The summed E-state index contributed by atoms with van der Waals surface area (Å²) in [6.07, 6.45) is -0.222. The molecule has 5 nitrogen and oxygen atoms in total. The average molecular weight is 410 g/mol. The molecule has 0 aromatic heterocycles. The van der Waals surface area contributed by atoms with Crippen molar-refractivity contribution in [1.29, 1.82) is 0 Å². The molecule has 2 aromatic carbocycles. The van der Waals surface area contributed by atoms with Crippen molar-refractivity contribution in [2.75, 3.05) is 32.9 Å². The predicted octanol–water partition coefficient (Wildman–Crippen LogP) is 4.31. The number of amides is 1. The molecule has 1 aliphatic heterocycles. The highest BCUT2D eigenvalue weighted by molar-refractivity contribution is 6.42. The number of carbonyl (C=O) groups excluding carboxylic acids is 1. The van der Waals surface area contributed by atoms with Crippen LogP contribution in [0.5, 0.6) is 11.5 Å². The van der Waals surface area contributed by atoms with E-state index in [0.29, 0.717) is 60.0 Å². The van der Waals surface area contributed by atoms with Gasteiger partial charge in [-0.25, -0.2) is 0 Å². The van der Waals surface area contributed by atoms with E-state index in [1.807, 2.05) is 31.2 Å². The molecule has 0 aliphatic carbocycles. The fourth-order valence-corrected chi connectivity index (χ4v) is 3.14. The Morgan fingerprint density at radius 2 is 1.89 bits per heavy atom.